The number of aromatic nitrogens is 3. The molecular formula is C23H23ClN4S. The largest absolute Gasteiger partial charge is 0.365 e. The van der Waals surface area contributed by atoms with E-state index in [0.717, 1.165) is 37.7 Å². The second kappa shape index (κ2) is 8.89. The Morgan fingerprint density at radius 2 is 1.55 bits per heavy atom. The minimum atomic E-state index is 0. The van der Waals surface area contributed by atoms with E-state index < -0.39 is 0 Å². The maximum absolute atomic E-state index is 4.63. The topological polar surface area (TPSA) is 50.7 Å². The van der Waals surface area contributed by atoms with Gasteiger partial charge in [-0.25, -0.2) is 0 Å². The average molecular weight is 423 g/mol. The lowest BCUT2D eigenvalue weighted by Crippen LogP contribution is -2.23. The predicted molar refractivity (Wildman–Crippen MR) is 124 cm³/mol. The number of thiophene rings is 1. The quantitative estimate of drug-likeness (QED) is 0.403. The summed E-state index contributed by atoms with van der Waals surface area (Å²) in [5.41, 5.74) is 1.93. The lowest BCUT2D eigenvalue weighted by Gasteiger charge is -2.23. The highest BCUT2D eigenvalue weighted by Crippen LogP contribution is 2.37. The zero-order valence-corrected chi connectivity index (χ0v) is 17.7. The molecule has 3 aromatic heterocycles. The summed E-state index contributed by atoms with van der Waals surface area (Å²) in [4.78, 5) is 6.73. The summed E-state index contributed by atoms with van der Waals surface area (Å²) in [6.07, 6.45) is 8.21. The molecule has 1 N–H and O–H groups in total. The van der Waals surface area contributed by atoms with Gasteiger partial charge in [0.05, 0.1) is 15.4 Å². The molecule has 1 aliphatic carbocycles. The fourth-order valence-electron chi connectivity index (χ4n) is 3.94. The van der Waals surface area contributed by atoms with Crippen molar-refractivity contribution in [3.05, 3.63) is 60.8 Å². The molecule has 0 amide bonds. The summed E-state index contributed by atoms with van der Waals surface area (Å²) in [6, 6.07) is 19.2. The van der Waals surface area contributed by atoms with Crippen molar-refractivity contribution in [2.24, 2.45) is 0 Å². The van der Waals surface area contributed by atoms with E-state index in [-0.39, 0.29) is 12.4 Å². The highest BCUT2D eigenvalue weighted by molar-refractivity contribution is 7.18. The summed E-state index contributed by atoms with van der Waals surface area (Å²) < 4.78 is 0. The molecule has 0 atom stereocenters. The van der Waals surface area contributed by atoms with Crippen LogP contribution in [0.5, 0.6) is 0 Å². The van der Waals surface area contributed by atoms with Gasteiger partial charge in [0.15, 0.2) is 5.82 Å². The van der Waals surface area contributed by atoms with E-state index in [2.05, 4.69) is 56.9 Å². The molecule has 5 rings (SSSR count). The lowest BCUT2D eigenvalue weighted by molar-refractivity contribution is 0.462. The van der Waals surface area contributed by atoms with Gasteiger partial charge in [-0.15, -0.1) is 33.9 Å². The zero-order chi connectivity index (χ0) is 18.8. The highest BCUT2D eigenvalue weighted by Gasteiger charge is 2.17. The second-order valence-electron chi connectivity index (χ2n) is 7.30. The monoisotopic (exact) mass is 422 g/mol. The van der Waals surface area contributed by atoms with Crippen LogP contribution in [0.15, 0.2) is 60.8 Å². The fraction of sp³-hybridized carbons (Fsp3) is 0.261. The number of fused-ring (bicyclic) bond motifs is 1. The summed E-state index contributed by atoms with van der Waals surface area (Å²) in [5, 5.41) is 15.2. The number of hydrogen-bond acceptors (Lipinski definition) is 5. The molecule has 1 saturated carbocycles. The summed E-state index contributed by atoms with van der Waals surface area (Å²) in [5.74, 6) is 0.910. The molecule has 4 aromatic rings. The Kier molecular flexibility index (Phi) is 6.07. The molecule has 0 unspecified atom stereocenters. The van der Waals surface area contributed by atoms with Crippen molar-refractivity contribution >= 4 is 40.3 Å². The van der Waals surface area contributed by atoms with Crippen LogP contribution >= 0.6 is 23.7 Å². The van der Waals surface area contributed by atoms with Crippen molar-refractivity contribution in [1.82, 2.24) is 15.2 Å². The van der Waals surface area contributed by atoms with Crippen LogP contribution in [0.3, 0.4) is 0 Å². The van der Waals surface area contributed by atoms with Crippen molar-refractivity contribution in [3.63, 3.8) is 0 Å². The molecule has 1 fully saturated rings. The highest BCUT2D eigenvalue weighted by atomic mass is 35.5. The third-order valence-corrected chi connectivity index (χ3v) is 6.50. The zero-order valence-electron chi connectivity index (χ0n) is 16.0. The molecule has 148 valence electrons. The molecule has 0 saturated heterocycles. The minimum Gasteiger partial charge on any atom is -0.365 e. The normalized spacial score (nSPS) is 14.5. The van der Waals surface area contributed by atoms with E-state index >= 15 is 0 Å². The van der Waals surface area contributed by atoms with Crippen LogP contribution in [0.1, 0.15) is 32.1 Å². The molecule has 4 nitrogen and oxygen atoms in total. The van der Waals surface area contributed by atoms with E-state index in [9.17, 15) is 0 Å². The van der Waals surface area contributed by atoms with Gasteiger partial charge in [-0.05, 0) is 37.1 Å². The lowest BCUT2D eigenvalue weighted by atomic mass is 9.95. The maximum Gasteiger partial charge on any atom is 0.156 e. The van der Waals surface area contributed by atoms with Gasteiger partial charge >= 0.3 is 0 Å². The Morgan fingerprint density at radius 1 is 0.793 bits per heavy atom. The van der Waals surface area contributed by atoms with E-state index in [1.165, 1.54) is 32.1 Å². The Labute approximate surface area is 180 Å². The Bertz CT molecular complexity index is 1090. The van der Waals surface area contributed by atoms with E-state index in [0.29, 0.717) is 6.04 Å². The summed E-state index contributed by atoms with van der Waals surface area (Å²) in [7, 11) is 0. The molecule has 1 aromatic carbocycles. The number of nitrogens with one attached hydrogen (secondary N) is 1. The van der Waals surface area contributed by atoms with Crippen molar-refractivity contribution in [3.8, 4) is 21.1 Å². The van der Waals surface area contributed by atoms with Gasteiger partial charge in [0.1, 0.15) is 5.69 Å². The molecule has 0 spiro atoms. The number of rotatable bonds is 4. The second-order valence-corrected chi connectivity index (χ2v) is 8.38. The van der Waals surface area contributed by atoms with Gasteiger partial charge < -0.3 is 5.32 Å². The Hall–Kier alpha value is -2.50. The molecule has 29 heavy (non-hydrogen) atoms. The van der Waals surface area contributed by atoms with Gasteiger partial charge in [-0.1, -0.05) is 49.6 Å². The smallest absolute Gasteiger partial charge is 0.156 e. The van der Waals surface area contributed by atoms with Crippen LogP contribution in [0.4, 0.5) is 5.82 Å². The van der Waals surface area contributed by atoms with Crippen LogP contribution in [-0.2, 0) is 0 Å². The van der Waals surface area contributed by atoms with Crippen LogP contribution in [0, 0.1) is 0 Å². The summed E-state index contributed by atoms with van der Waals surface area (Å²) in [6.45, 7) is 0. The third-order valence-electron chi connectivity index (χ3n) is 5.39. The number of nitrogens with zero attached hydrogens (tertiary/aromatic N) is 3. The van der Waals surface area contributed by atoms with Gasteiger partial charge in [0.25, 0.3) is 0 Å². The SMILES string of the molecule is Cl.c1ccc(-c2ccc(-c3nnc(NC4CCCCC4)c4ccccc34)s2)nc1. The van der Waals surface area contributed by atoms with Gasteiger partial charge in [0.2, 0.25) is 0 Å². The first kappa shape index (κ1) is 19.8. The van der Waals surface area contributed by atoms with E-state index in [4.69, 9.17) is 0 Å². The molecule has 1 aliphatic rings. The van der Waals surface area contributed by atoms with Crippen LogP contribution in [0.25, 0.3) is 31.9 Å². The van der Waals surface area contributed by atoms with Crippen LogP contribution in [-0.4, -0.2) is 21.2 Å². The molecule has 3 heterocycles. The number of anilines is 1. The molecule has 6 heteroatoms. The number of halogens is 1. The fourth-order valence-corrected chi connectivity index (χ4v) is 4.93. The Balaban J connectivity index is 0.00000205. The van der Waals surface area contributed by atoms with Crippen LogP contribution in [0.2, 0.25) is 0 Å². The maximum atomic E-state index is 4.63. The summed E-state index contributed by atoms with van der Waals surface area (Å²) >= 11 is 1.71. The van der Waals surface area contributed by atoms with Crippen molar-refractivity contribution in [2.45, 2.75) is 38.1 Å². The van der Waals surface area contributed by atoms with E-state index in [1.807, 2.05) is 24.4 Å². The van der Waals surface area contributed by atoms with Gasteiger partial charge in [-0.3, -0.25) is 4.98 Å². The Morgan fingerprint density at radius 3 is 2.34 bits per heavy atom. The molecule has 0 aliphatic heterocycles. The minimum absolute atomic E-state index is 0. The van der Waals surface area contributed by atoms with Crippen molar-refractivity contribution in [1.29, 1.82) is 0 Å². The number of benzene rings is 1. The van der Waals surface area contributed by atoms with Crippen LogP contribution < -0.4 is 5.32 Å². The van der Waals surface area contributed by atoms with E-state index in [1.54, 1.807) is 11.3 Å². The number of hydrogen-bond donors (Lipinski definition) is 1. The molecular weight excluding hydrogens is 400 g/mol. The van der Waals surface area contributed by atoms with Crippen molar-refractivity contribution in [2.75, 3.05) is 5.32 Å². The number of pyridine rings is 1. The molecule has 0 bridgehead atoms. The van der Waals surface area contributed by atoms with Crippen molar-refractivity contribution < 1.29 is 0 Å². The average Bonchev–Trinajstić information content (AvgIpc) is 3.25. The predicted octanol–water partition coefficient (Wildman–Crippen LogP) is 6.59. The first-order valence-electron chi connectivity index (χ1n) is 9.92. The first-order chi connectivity index (χ1) is 13.9. The first-order valence-corrected chi connectivity index (χ1v) is 10.7. The third kappa shape index (κ3) is 4.11. The van der Waals surface area contributed by atoms with Gasteiger partial charge in [-0.2, -0.15) is 0 Å². The molecule has 0 radical (unpaired) electrons. The standard InChI is InChI=1S/C23H22N4S.ClH/c1-2-8-16(9-3-1)25-23-18-11-5-4-10-17(18)22(26-27-23)21-14-13-20(28-21)19-12-6-7-15-24-19;/h4-7,10-16H,1-3,8-9H2,(H,25,27);1H. The van der Waals surface area contributed by atoms with Gasteiger partial charge in [0, 0.05) is 23.0 Å².